The predicted octanol–water partition coefficient (Wildman–Crippen LogP) is 1.57. The normalized spacial score (nSPS) is 22.6. The van der Waals surface area contributed by atoms with Gasteiger partial charge < -0.3 is 14.7 Å². The minimum Gasteiger partial charge on any atom is -0.340 e. The maximum Gasteiger partial charge on any atom is 0.243 e. The number of nitrogens with zero attached hydrogens (tertiary/aromatic N) is 4. The lowest BCUT2D eigenvalue weighted by molar-refractivity contribution is -0.133. The van der Waals surface area contributed by atoms with E-state index >= 15 is 0 Å². The van der Waals surface area contributed by atoms with Crippen molar-refractivity contribution >= 4 is 30.7 Å². The maximum absolute atomic E-state index is 12.3. The predicted molar refractivity (Wildman–Crippen MR) is 95.7 cm³/mol. The molecule has 0 radical (unpaired) electrons. The van der Waals surface area contributed by atoms with Crippen LogP contribution in [0.2, 0.25) is 0 Å². The molecule has 9 heteroatoms. The van der Waals surface area contributed by atoms with Crippen molar-refractivity contribution in [2.75, 3.05) is 32.7 Å². The van der Waals surface area contributed by atoms with E-state index in [1.165, 1.54) is 6.42 Å². The smallest absolute Gasteiger partial charge is 0.243 e. The standard InChI is InChI=1S/C15H25N5O2.2ClH/c1-11(15-17-12(2)18-22-15)19-6-8-20(9-7-19)14(21)10-13-4-3-5-16-13;;/h11,13,16H,3-10H2,1-2H3;2*1H. The molecule has 3 heterocycles. The topological polar surface area (TPSA) is 74.5 Å². The Labute approximate surface area is 155 Å². The van der Waals surface area contributed by atoms with E-state index in [4.69, 9.17) is 4.52 Å². The third kappa shape index (κ3) is 5.05. The zero-order valence-corrected chi connectivity index (χ0v) is 15.9. The van der Waals surface area contributed by atoms with E-state index < -0.39 is 0 Å². The Morgan fingerprint density at radius 1 is 1.33 bits per heavy atom. The molecular formula is C15H27Cl2N5O2. The number of rotatable bonds is 4. The number of amides is 1. The van der Waals surface area contributed by atoms with E-state index in [0.29, 0.717) is 24.2 Å². The number of hydrogen-bond acceptors (Lipinski definition) is 6. The molecule has 138 valence electrons. The Kier molecular flexibility index (Phi) is 8.42. The van der Waals surface area contributed by atoms with Crippen LogP contribution in [0.15, 0.2) is 4.52 Å². The molecule has 3 rings (SSSR count). The van der Waals surface area contributed by atoms with E-state index in [-0.39, 0.29) is 36.8 Å². The van der Waals surface area contributed by atoms with Gasteiger partial charge in [-0.1, -0.05) is 5.16 Å². The molecular weight excluding hydrogens is 353 g/mol. The van der Waals surface area contributed by atoms with Gasteiger partial charge in [0.1, 0.15) is 0 Å². The summed E-state index contributed by atoms with van der Waals surface area (Å²) in [5.74, 6) is 1.60. The molecule has 2 saturated heterocycles. The van der Waals surface area contributed by atoms with Crippen LogP contribution in [0.5, 0.6) is 0 Å². The average Bonchev–Trinajstić information content (AvgIpc) is 3.18. The Balaban J connectivity index is 0.00000144. The Hall–Kier alpha value is -0.890. The lowest BCUT2D eigenvalue weighted by Crippen LogP contribution is -2.50. The third-order valence-electron chi connectivity index (χ3n) is 4.70. The highest BCUT2D eigenvalue weighted by atomic mass is 35.5. The molecule has 24 heavy (non-hydrogen) atoms. The first kappa shape index (κ1) is 21.2. The quantitative estimate of drug-likeness (QED) is 0.855. The minimum atomic E-state index is 0. The lowest BCUT2D eigenvalue weighted by Gasteiger charge is -2.37. The van der Waals surface area contributed by atoms with Crippen LogP contribution in [0, 0.1) is 6.92 Å². The van der Waals surface area contributed by atoms with Gasteiger partial charge in [0, 0.05) is 38.6 Å². The Bertz CT molecular complexity index is 514. The third-order valence-corrected chi connectivity index (χ3v) is 4.70. The van der Waals surface area contributed by atoms with Crippen molar-refractivity contribution in [3.05, 3.63) is 11.7 Å². The van der Waals surface area contributed by atoms with E-state index in [9.17, 15) is 4.79 Å². The van der Waals surface area contributed by atoms with Gasteiger partial charge in [-0.05, 0) is 33.2 Å². The van der Waals surface area contributed by atoms with E-state index in [2.05, 4.69) is 27.3 Å². The number of carbonyl (C=O) groups excluding carboxylic acids is 1. The molecule has 1 N–H and O–H groups in total. The second-order valence-corrected chi connectivity index (χ2v) is 6.27. The molecule has 0 aromatic carbocycles. The zero-order chi connectivity index (χ0) is 15.5. The van der Waals surface area contributed by atoms with Gasteiger partial charge in [-0.25, -0.2) is 0 Å². The van der Waals surface area contributed by atoms with Crippen LogP contribution in [-0.4, -0.2) is 64.6 Å². The van der Waals surface area contributed by atoms with Gasteiger partial charge in [-0.2, -0.15) is 4.98 Å². The van der Waals surface area contributed by atoms with Gasteiger partial charge in [0.2, 0.25) is 11.8 Å². The highest BCUT2D eigenvalue weighted by Gasteiger charge is 2.28. The van der Waals surface area contributed by atoms with Crippen molar-refractivity contribution in [3.63, 3.8) is 0 Å². The zero-order valence-electron chi connectivity index (χ0n) is 14.2. The van der Waals surface area contributed by atoms with Crippen molar-refractivity contribution in [2.45, 2.75) is 45.2 Å². The highest BCUT2D eigenvalue weighted by Crippen LogP contribution is 2.20. The summed E-state index contributed by atoms with van der Waals surface area (Å²) in [5, 5.41) is 7.24. The second kappa shape index (κ2) is 9.56. The fourth-order valence-corrected chi connectivity index (χ4v) is 3.27. The fraction of sp³-hybridized carbons (Fsp3) is 0.800. The van der Waals surface area contributed by atoms with Crippen molar-refractivity contribution < 1.29 is 9.32 Å². The number of carbonyl (C=O) groups is 1. The molecule has 2 fully saturated rings. The molecule has 1 amide bonds. The number of nitrogens with one attached hydrogen (secondary N) is 1. The molecule has 1 aromatic heterocycles. The molecule has 0 bridgehead atoms. The number of hydrogen-bond donors (Lipinski definition) is 1. The fourth-order valence-electron chi connectivity index (χ4n) is 3.27. The number of halogens is 2. The molecule has 2 atom stereocenters. The van der Waals surface area contributed by atoms with Crippen molar-refractivity contribution in [2.24, 2.45) is 0 Å². The van der Waals surface area contributed by atoms with E-state index in [0.717, 1.165) is 39.1 Å². The summed E-state index contributed by atoms with van der Waals surface area (Å²) in [5.41, 5.74) is 0. The average molecular weight is 380 g/mol. The summed E-state index contributed by atoms with van der Waals surface area (Å²) < 4.78 is 5.25. The van der Waals surface area contributed by atoms with Gasteiger partial charge in [0.15, 0.2) is 5.82 Å². The molecule has 2 aliphatic rings. The molecule has 0 aliphatic carbocycles. The maximum atomic E-state index is 12.3. The first-order chi connectivity index (χ1) is 10.6. The molecule has 1 aromatic rings. The first-order valence-corrected chi connectivity index (χ1v) is 8.19. The lowest BCUT2D eigenvalue weighted by atomic mass is 10.1. The molecule has 0 saturated carbocycles. The van der Waals surface area contributed by atoms with E-state index in [1.54, 1.807) is 0 Å². The van der Waals surface area contributed by atoms with Gasteiger partial charge in [0.25, 0.3) is 0 Å². The van der Waals surface area contributed by atoms with Gasteiger partial charge in [-0.3, -0.25) is 9.69 Å². The molecule has 2 aliphatic heterocycles. The van der Waals surface area contributed by atoms with Crippen LogP contribution in [-0.2, 0) is 4.79 Å². The van der Waals surface area contributed by atoms with Crippen molar-refractivity contribution in [1.29, 1.82) is 0 Å². The van der Waals surface area contributed by atoms with Crippen LogP contribution >= 0.6 is 24.8 Å². The van der Waals surface area contributed by atoms with Crippen molar-refractivity contribution in [1.82, 2.24) is 25.3 Å². The SMILES string of the molecule is Cc1noc(C(C)N2CCN(C(=O)CC3CCCN3)CC2)n1.Cl.Cl. The van der Waals surface area contributed by atoms with E-state index in [1.807, 2.05) is 11.8 Å². The van der Waals surface area contributed by atoms with Crippen LogP contribution in [0.3, 0.4) is 0 Å². The van der Waals surface area contributed by atoms with Crippen LogP contribution in [0.25, 0.3) is 0 Å². The molecule has 0 spiro atoms. The van der Waals surface area contributed by atoms with Crippen LogP contribution < -0.4 is 5.32 Å². The monoisotopic (exact) mass is 379 g/mol. The van der Waals surface area contributed by atoms with Gasteiger partial charge in [0.05, 0.1) is 6.04 Å². The summed E-state index contributed by atoms with van der Waals surface area (Å²) in [4.78, 5) is 20.9. The molecule has 7 nitrogen and oxygen atoms in total. The van der Waals surface area contributed by atoms with Crippen LogP contribution in [0.1, 0.15) is 43.9 Å². The number of aryl methyl sites for hydroxylation is 1. The van der Waals surface area contributed by atoms with Crippen LogP contribution in [0.4, 0.5) is 0 Å². The Morgan fingerprint density at radius 2 is 2.04 bits per heavy atom. The highest BCUT2D eigenvalue weighted by molar-refractivity contribution is 5.85. The summed E-state index contributed by atoms with van der Waals surface area (Å²) in [6.45, 7) is 8.22. The van der Waals surface area contributed by atoms with Gasteiger partial charge >= 0.3 is 0 Å². The second-order valence-electron chi connectivity index (χ2n) is 6.27. The Morgan fingerprint density at radius 3 is 2.58 bits per heavy atom. The first-order valence-electron chi connectivity index (χ1n) is 8.19. The summed E-state index contributed by atoms with van der Waals surface area (Å²) in [7, 11) is 0. The number of aromatic nitrogens is 2. The minimum absolute atomic E-state index is 0. The molecule has 2 unspecified atom stereocenters. The largest absolute Gasteiger partial charge is 0.340 e. The summed E-state index contributed by atoms with van der Waals surface area (Å²) in [6.07, 6.45) is 2.95. The van der Waals surface area contributed by atoms with Gasteiger partial charge in [-0.15, -0.1) is 24.8 Å². The summed E-state index contributed by atoms with van der Waals surface area (Å²) in [6, 6.07) is 0.487. The van der Waals surface area contributed by atoms with Crippen molar-refractivity contribution in [3.8, 4) is 0 Å². The summed E-state index contributed by atoms with van der Waals surface area (Å²) >= 11 is 0. The number of piperazine rings is 1.